The molecule has 0 spiro atoms. The van der Waals surface area contributed by atoms with Gasteiger partial charge in [-0.25, -0.2) is 0 Å². The maximum Gasteiger partial charge on any atom is 0.0877 e. The van der Waals surface area contributed by atoms with Crippen LogP contribution in [0, 0.1) is 0 Å². The molecule has 2 heterocycles. The van der Waals surface area contributed by atoms with Gasteiger partial charge < -0.3 is 9.47 Å². The molecule has 0 radical (unpaired) electrons. The van der Waals surface area contributed by atoms with E-state index < -0.39 is 0 Å². The van der Waals surface area contributed by atoms with Crippen molar-refractivity contribution in [2.75, 3.05) is 0 Å². The average molecular weight is 323 g/mol. The second-order valence-corrected chi connectivity index (χ2v) is 7.39. The Morgan fingerprint density at radius 2 is 1.26 bits per heavy atom. The van der Waals surface area contributed by atoms with Gasteiger partial charge >= 0.3 is 0 Å². The zero-order chi connectivity index (χ0) is 16.3. The molecule has 0 aromatic carbocycles. The van der Waals surface area contributed by atoms with E-state index in [1.807, 2.05) is 0 Å². The molecule has 134 valence electrons. The molecule has 0 aromatic rings. The third kappa shape index (κ3) is 8.35. The summed E-state index contributed by atoms with van der Waals surface area (Å²) >= 11 is 0. The molecular formula is C21H38O2. The average Bonchev–Trinajstić information content (AvgIpc) is 3.47. The lowest BCUT2D eigenvalue weighted by Crippen LogP contribution is -2.00. The second kappa shape index (κ2) is 11.3. The summed E-state index contributed by atoms with van der Waals surface area (Å²) in [5, 5.41) is 0. The monoisotopic (exact) mass is 322 g/mol. The van der Waals surface area contributed by atoms with E-state index >= 15 is 0 Å². The molecule has 2 heteroatoms. The van der Waals surface area contributed by atoms with Crippen LogP contribution in [0.1, 0.15) is 97.3 Å². The maximum absolute atomic E-state index is 5.73. The lowest BCUT2D eigenvalue weighted by molar-refractivity contribution is 0.323. The fourth-order valence-electron chi connectivity index (χ4n) is 3.49. The molecule has 0 amide bonds. The van der Waals surface area contributed by atoms with Crippen LogP contribution in [-0.4, -0.2) is 24.4 Å². The minimum atomic E-state index is 0.480. The Morgan fingerprint density at radius 3 is 1.91 bits per heavy atom. The first-order valence-corrected chi connectivity index (χ1v) is 10.3. The summed E-state index contributed by atoms with van der Waals surface area (Å²) in [6.07, 6.45) is 24.0. The van der Waals surface area contributed by atoms with Crippen molar-refractivity contribution in [3.63, 3.8) is 0 Å². The van der Waals surface area contributed by atoms with Gasteiger partial charge in [-0.15, -0.1) is 0 Å². The van der Waals surface area contributed by atoms with Gasteiger partial charge in [0.05, 0.1) is 24.4 Å². The van der Waals surface area contributed by atoms with Crippen LogP contribution in [0.4, 0.5) is 0 Å². The zero-order valence-electron chi connectivity index (χ0n) is 15.5. The van der Waals surface area contributed by atoms with E-state index in [9.17, 15) is 0 Å². The Morgan fingerprint density at radius 1 is 0.652 bits per heavy atom. The van der Waals surface area contributed by atoms with Gasteiger partial charge in [0.2, 0.25) is 0 Å². The molecule has 2 aliphatic heterocycles. The van der Waals surface area contributed by atoms with Gasteiger partial charge in [-0.1, -0.05) is 77.4 Å². The van der Waals surface area contributed by atoms with Crippen molar-refractivity contribution in [3.05, 3.63) is 12.2 Å². The van der Waals surface area contributed by atoms with Crippen LogP contribution >= 0.6 is 0 Å². The van der Waals surface area contributed by atoms with Gasteiger partial charge in [0.25, 0.3) is 0 Å². The summed E-state index contributed by atoms with van der Waals surface area (Å²) in [7, 11) is 0. The summed E-state index contributed by atoms with van der Waals surface area (Å²) < 4.78 is 11.3. The predicted molar refractivity (Wildman–Crippen MR) is 97.8 cm³/mol. The Hall–Kier alpha value is -0.340. The molecule has 0 N–H and O–H groups in total. The molecule has 0 unspecified atom stereocenters. The molecule has 2 nitrogen and oxygen atoms in total. The highest BCUT2D eigenvalue weighted by atomic mass is 16.6. The normalized spacial score (nSPS) is 29.3. The first-order valence-electron chi connectivity index (χ1n) is 10.3. The van der Waals surface area contributed by atoms with Crippen LogP contribution < -0.4 is 0 Å². The number of ether oxygens (including phenoxy) is 2. The zero-order valence-corrected chi connectivity index (χ0v) is 15.5. The fraction of sp³-hybridized carbons (Fsp3) is 0.905. The van der Waals surface area contributed by atoms with Crippen molar-refractivity contribution in [3.8, 4) is 0 Å². The van der Waals surface area contributed by atoms with E-state index in [1.165, 1.54) is 64.2 Å². The topological polar surface area (TPSA) is 25.1 Å². The molecule has 0 aliphatic carbocycles. The number of allylic oxidation sites excluding steroid dienone is 1. The summed E-state index contributed by atoms with van der Waals surface area (Å²) in [6, 6.07) is 0. The summed E-state index contributed by atoms with van der Waals surface area (Å²) in [5.74, 6) is 0. The lowest BCUT2D eigenvalue weighted by atomic mass is 10.1. The van der Waals surface area contributed by atoms with E-state index in [0.717, 1.165) is 19.3 Å². The molecule has 0 saturated carbocycles. The van der Waals surface area contributed by atoms with Crippen molar-refractivity contribution in [1.29, 1.82) is 0 Å². The molecular weight excluding hydrogens is 284 g/mol. The Balaban J connectivity index is 1.31. The van der Waals surface area contributed by atoms with Crippen molar-refractivity contribution < 1.29 is 9.47 Å². The van der Waals surface area contributed by atoms with Gasteiger partial charge in [-0.3, -0.25) is 0 Å². The molecule has 2 rings (SSSR count). The van der Waals surface area contributed by atoms with Crippen molar-refractivity contribution in [2.24, 2.45) is 0 Å². The molecule has 23 heavy (non-hydrogen) atoms. The van der Waals surface area contributed by atoms with Crippen LogP contribution in [0.3, 0.4) is 0 Å². The number of hydrogen-bond acceptors (Lipinski definition) is 2. The molecule has 2 saturated heterocycles. The molecule has 0 bridgehead atoms. The van der Waals surface area contributed by atoms with Gasteiger partial charge in [-0.2, -0.15) is 0 Å². The van der Waals surface area contributed by atoms with E-state index in [2.05, 4.69) is 26.0 Å². The summed E-state index contributed by atoms with van der Waals surface area (Å²) in [5.41, 5.74) is 0. The highest BCUT2D eigenvalue weighted by molar-refractivity contribution is 4.98. The smallest absolute Gasteiger partial charge is 0.0877 e. The highest BCUT2D eigenvalue weighted by Gasteiger charge is 2.46. The minimum Gasteiger partial charge on any atom is -0.369 e. The summed E-state index contributed by atoms with van der Waals surface area (Å²) in [6.45, 7) is 4.48. The van der Waals surface area contributed by atoms with Crippen molar-refractivity contribution in [2.45, 2.75) is 122 Å². The van der Waals surface area contributed by atoms with E-state index in [1.54, 1.807) is 0 Å². The van der Waals surface area contributed by atoms with Crippen LogP contribution in [0.5, 0.6) is 0 Å². The molecule has 4 atom stereocenters. The first kappa shape index (κ1) is 19.0. The van der Waals surface area contributed by atoms with Crippen LogP contribution in [0.25, 0.3) is 0 Å². The quantitative estimate of drug-likeness (QED) is 0.204. The number of hydrogen-bond donors (Lipinski definition) is 0. The molecule has 2 aliphatic rings. The Labute approximate surface area is 144 Å². The third-order valence-electron chi connectivity index (χ3n) is 5.25. The maximum atomic E-state index is 5.73. The SMILES string of the molecule is CCCCCCCCCCC/C=C\C[C@@H]1O[C@@H]1C[C@@H]1O[C@@H]1CC. The third-order valence-corrected chi connectivity index (χ3v) is 5.25. The molecule has 0 aromatic heterocycles. The lowest BCUT2D eigenvalue weighted by Gasteiger charge is -2.00. The number of rotatable bonds is 15. The van der Waals surface area contributed by atoms with Gasteiger partial charge in [0.15, 0.2) is 0 Å². The predicted octanol–water partition coefficient (Wildman–Crippen LogP) is 6.19. The highest BCUT2D eigenvalue weighted by Crippen LogP contribution is 2.37. The van der Waals surface area contributed by atoms with Crippen LogP contribution in [0.15, 0.2) is 12.2 Å². The van der Waals surface area contributed by atoms with Gasteiger partial charge in [0, 0.05) is 6.42 Å². The van der Waals surface area contributed by atoms with Crippen molar-refractivity contribution in [1.82, 2.24) is 0 Å². The van der Waals surface area contributed by atoms with Crippen molar-refractivity contribution >= 4 is 0 Å². The van der Waals surface area contributed by atoms with E-state index in [0.29, 0.717) is 24.4 Å². The van der Waals surface area contributed by atoms with E-state index in [-0.39, 0.29) is 0 Å². The summed E-state index contributed by atoms with van der Waals surface area (Å²) in [4.78, 5) is 0. The number of epoxide rings is 2. The standard InChI is InChI=1S/C21H38O2/c1-3-5-6-7-8-9-10-11-12-13-14-15-16-19-21(23-19)17-20-18(4-2)22-20/h14-15,18-21H,3-13,16-17H2,1-2H3/b15-14-/t18-,19+,20+,21-/m1/s1. The number of unbranched alkanes of at least 4 members (excludes halogenated alkanes) is 9. The largest absolute Gasteiger partial charge is 0.369 e. The second-order valence-electron chi connectivity index (χ2n) is 7.39. The van der Waals surface area contributed by atoms with Crippen LogP contribution in [-0.2, 0) is 9.47 Å². The van der Waals surface area contributed by atoms with E-state index in [4.69, 9.17) is 9.47 Å². The van der Waals surface area contributed by atoms with Crippen LogP contribution in [0.2, 0.25) is 0 Å². The Bertz CT molecular complexity index is 326. The molecule has 2 fully saturated rings. The first-order chi connectivity index (χ1) is 11.3. The van der Waals surface area contributed by atoms with Gasteiger partial charge in [0.1, 0.15) is 0 Å². The Kier molecular flexibility index (Phi) is 9.29. The minimum absolute atomic E-state index is 0.480. The van der Waals surface area contributed by atoms with Gasteiger partial charge in [-0.05, 0) is 25.7 Å². The fourth-order valence-corrected chi connectivity index (χ4v) is 3.49.